The van der Waals surface area contributed by atoms with Gasteiger partial charge in [0.05, 0.1) is 11.4 Å². The van der Waals surface area contributed by atoms with E-state index in [1.165, 1.54) is 24.5 Å². The summed E-state index contributed by atoms with van der Waals surface area (Å²) in [6, 6.07) is 0. The molecule has 1 N–H and O–H groups in total. The van der Waals surface area contributed by atoms with Gasteiger partial charge in [0.25, 0.3) is 5.91 Å². The average Bonchev–Trinajstić information content (AvgIpc) is 3.68. The average molecular weight is 488 g/mol. The summed E-state index contributed by atoms with van der Waals surface area (Å²) in [5.41, 5.74) is 1.56. The minimum atomic E-state index is -3.51. The van der Waals surface area contributed by atoms with Crippen LogP contribution in [0.4, 0.5) is 0 Å². The van der Waals surface area contributed by atoms with Crippen LogP contribution in [-0.2, 0) is 24.3 Å². The number of carbonyl (C=O) groups is 2. The Morgan fingerprint density at radius 2 is 1.91 bits per heavy atom. The first-order valence-corrected chi connectivity index (χ1v) is 14.7. The Morgan fingerprint density at radius 3 is 2.65 bits per heavy atom. The molecule has 0 bridgehead atoms. The van der Waals surface area contributed by atoms with Crippen molar-refractivity contribution >= 4 is 21.7 Å². The van der Waals surface area contributed by atoms with Gasteiger partial charge in [-0.3, -0.25) is 9.59 Å². The SMILES string of the molecule is C[C@H](/C=C/C(=O)NS(=O)(=O)C1CC1)C1CCC2C3C(CCC21C)C1(C)CCC(=O)C=C1[C@H]1O[C@@H]31. The van der Waals surface area contributed by atoms with Gasteiger partial charge in [-0.25, -0.2) is 13.1 Å². The van der Waals surface area contributed by atoms with Gasteiger partial charge in [0, 0.05) is 12.5 Å². The minimum absolute atomic E-state index is 0.0896. The fraction of sp³-hybridized carbons (Fsp3) is 0.778. The quantitative estimate of drug-likeness (QED) is 0.469. The molecule has 6 nitrogen and oxygen atoms in total. The van der Waals surface area contributed by atoms with Gasteiger partial charge in [0.2, 0.25) is 10.0 Å². The van der Waals surface area contributed by atoms with Gasteiger partial charge in [-0.1, -0.05) is 26.8 Å². The summed E-state index contributed by atoms with van der Waals surface area (Å²) in [7, 11) is -3.51. The van der Waals surface area contributed by atoms with Gasteiger partial charge in [-0.2, -0.15) is 0 Å². The molecule has 9 atom stereocenters. The molecule has 5 aliphatic carbocycles. The van der Waals surface area contributed by atoms with Crippen LogP contribution in [0.15, 0.2) is 23.8 Å². The number of epoxide rings is 1. The lowest BCUT2D eigenvalue weighted by Gasteiger charge is -2.57. The molecule has 5 fully saturated rings. The molecule has 1 heterocycles. The van der Waals surface area contributed by atoms with Gasteiger partial charge in [0.15, 0.2) is 5.78 Å². The molecule has 1 amide bonds. The van der Waals surface area contributed by atoms with Crippen molar-refractivity contribution in [2.45, 2.75) is 89.6 Å². The van der Waals surface area contributed by atoms with Crippen LogP contribution in [0.5, 0.6) is 0 Å². The molecular formula is C27H37NO5S. The summed E-state index contributed by atoms with van der Waals surface area (Å²) in [4.78, 5) is 24.4. The molecule has 6 unspecified atom stereocenters. The maximum Gasteiger partial charge on any atom is 0.257 e. The van der Waals surface area contributed by atoms with E-state index in [9.17, 15) is 18.0 Å². The number of rotatable bonds is 5. The van der Waals surface area contributed by atoms with Crippen LogP contribution in [0.3, 0.4) is 0 Å². The van der Waals surface area contributed by atoms with Gasteiger partial charge in [-0.05, 0) is 97.0 Å². The molecule has 0 aromatic rings. The van der Waals surface area contributed by atoms with E-state index in [1.807, 2.05) is 12.2 Å². The summed E-state index contributed by atoms with van der Waals surface area (Å²) in [5, 5.41) is -0.393. The zero-order chi connectivity index (χ0) is 24.0. The Labute approximate surface area is 203 Å². The molecule has 0 radical (unpaired) electrons. The zero-order valence-corrected chi connectivity index (χ0v) is 21.3. The van der Waals surface area contributed by atoms with Crippen molar-refractivity contribution < 1.29 is 22.7 Å². The second kappa shape index (κ2) is 7.52. The molecule has 34 heavy (non-hydrogen) atoms. The first kappa shape index (κ1) is 23.0. The van der Waals surface area contributed by atoms with E-state index in [2.05, 4.69) is 25.5 Å². The normalized spacial score (nSPS) is 46.1. The van der Waals surface area contributed by atoms with Gasteiger partial charge in [-0.15, -0.1) is 0 Å². The molecule has 0 aromatic heterocycles. The topological polar surface area (TPSA) is 92.8 Å². The third kappa shape index (κ3) is 3.40. The third-order valence-corrected chi connectivity index (χ3v) is 12.5. The van der Waals surface area contributed by atoms with E-state index in [0.29, 0.717) is 42.9 Å². The molecule has 6 rings (SSSR count). The fourth-order valence-electron chi connectivity index (χ4n) is 8.72. The molecular weight excluding hydrogens is 450 g/mol. The molecule has 0 aromatic carbocycles. The van der Waals surface area contributed by atoms with E-state index in [0.717, 1.165) is 19.3 Å². The lowest BCUT2D eigenvalue weighted by molar-refractivity contribution is -0.117. The number of carbonyl (C=O) groups excluding carboxylic acids is 2. The molecule has 6 aliphatic rings. The lowest BCUT2D eigenvalue weighted by Crippen LogP contribution is -2.53. The van der Waals surface area contributed by atoms with Crippen LogP contribution in [0, 0.1) is 40.4 Å². The Hall–Kier alpha value is -1.47. The van der Waals surface area contributed by atoms with Crippen molar-refractivity contribution in [1.82, 2.24) is 4.72 Å². The van der Waals surface area contributed by atoms with Crippen molar-refractivity contribution in [2.75, 3.05) is 0 Å². The van der Waals surface area contributed by atoms with Gasteiger partial charge >= 0.3 is 0 Å². The van der Waals surface area contributed by atoms with Crippen LogP contribution in [0.1, 0.15) is 72.1 Å². The number of hydrogen-bond donors (Lipinski definition) is 1. The first-order valence-electron chi connectivity index (χ1n) is 13.2. The van der Waals surface area contributed by atoms with Crippen molar-refractivity contribution in [2.24, 2.45) is 40.4 Å². The molecule has 186 valence electrons. The molecule has 4 saturated carbocycles. The van der Waals surface area contributed by atoms with E-state index in [-0.39, 0.29) is 34.7 Å². The largest absolute Gasteiger partial charge is 0.365 e. The number of sulfonamides is 1. The van der Waals surface area contributed by atoms with Crippen LogP contribution >= 0.6 is 0 Å². The number of ether oxygens (including phenoxy) is 1. The highest BCUT2D eigenvalue weighted by molar-refractivity contribution is 7.91. The lowest BCUT2D eigenvalue weighted by atomic mass is 9.46. The summed E-state index contributed by atoms with van der Waals surface area (Å²) < 4.78 is 32.6. The smallest absolute Gasteiger partial charge is 0.257 e. The monoisotopic (exact) mass is 487 g/mol. The standard InChI is InChI=1S/C27H37NO5S/c1-15(4-9-22(30)28-34(31,32)17-5-6-17)18-7-8-19-23-20(11-13-26(18,19)2)27(3)12-10-16(29)14-21(27)24-25(23)33-24/h4,9,14-15,17-20,23-25H,5-8,10-13H2,1-3H3,(H,28,30)/b9-4+/t15-,18?,19?,20?,23?,24-,25+,26?,27?/m1/s1. The Balaban J connectivity index is 1.19. The van der Waals surface area contributed by atoms with E-state index >= 15 is 0 Å². The summed E-state index contributed by atoms with van der Waals surface area (Å²) in [5.74, 6) is 2.14. The van der Waals surface area contributed by atoms with Crippen molar-refractivity contribution in [3.05, 3.63) is 23.8 Å². The molecule has 1 aliphatic heterocycles. The fourth-order valence-corrected chi connectivity index (χ4v) is 9.99. The van der Waals surface area contributed by atoms with Crippen molar-refractivity contribution in [3.63, 3.8) is 0 Å². The predicted molar refractivity (Wildman–Crippen MR) is 128 cm³/mol. The van der Waals surface area contributed by atoms with Crippen LogP contribution in [-0.4, -0.2) is 37.6 Å². The Bertz CT molecular complexity index is 1090. The van der Waals surface area contributed by atoms with E-state index in [4.69, 9.17) is 4.74 Å². The number of allylic oxidation sites excluding steroid dienone is 1. The predicted octanol–water partition coefficient (Wildman–Crippen LogP) is 3.92. The number of ketones is 1. The number of fused-ring (bicyclic) bond motifs is 8. The summed E-state index contributed by atoms with van der Waals surface area (Å²) in [6.07, 6.45) is 13.2. The third-order valence-electron chi connectivity index (χ3n) is 10.7. The van der Waals surface area contributed by atoms with Crippen molar-refractivity contribution in [3.8, 4) is 0 Å². The highest BCUT2D eigenvalue weighted by Gasteiger charge is 2.69. The maximum atomic E-state index is 12.3. The van der Waals surface area contributed by atoms with Crippen LogP contribution in [0.25, 0.3) is 0 Å². The maximum absolute atomic E-state index is 12.3. The molecule has 1 saturated heterocycles. The van der Waals surface area contributed by atoms with Crippen molar-refractivity contribution in [1.29, 1.82) is 0 Å². The first-order chi connectivity index (χ1) is 16.0. The second-order valence-electron chi connectivity index (χ2n) is 12.5. The molecule has 7 heteroatoms. The Morgan fingerprint density at radius 1 is 1.15 bits per heavy atom. The second-order valence-corrected chi connectivity index (χ2v) is 14.4. The highest BCUT2D eigenvalue weighted by atomic mass is 32.2. The van der Waals surface area contributed by atoms with E-state index < -0.39 is 21.2 Å². The number of nitrogens with one attached hydrogen (secondary N) is 1. The minimum Gasteiger partial charge on any atom is -0.365 e. The van der Waals surface area contributed by atoms with E-state index in [1.54, 1.807) is 0 Å². The molecule has 0 spiro atoms. The number of amides is 1. The van der Waals surface area contributed by atoms with Gasteiger partial charge in [0.1, 0.15) is 6.10 Å². The van der Waals surface area contributed by atoms with Crippen LogP contribution < -0.4 is 4.72 Å². The number of hydrogen-bond acceptors (Lipinski definition) is 5. The summed E-state index contributed by atoms with van der Waals surface area (Å²) in [6.45, 7) is 7.01. The highest BCUT2D eigenvalue weighted by Crippen LogP contribution is 2.70. The summed E-state index contributed by atoms with van der Waals surface area (Å²) >= 11 is 0. The Kier molecular flexibility index (Phi) is 5.08. The van der Waals surface area contributed by atoms with Gasteiger partial charge < -0.3 is 4.74 Å². The van der Waals surface area contributed by atoms with Crippen LogP contribution in [0.2, 0.25) is 0 Å². The zero-order valence-electron chi connectivity index (χ0n) is 20.5.